The van der Waals surface area contributed by atoms with Crippen molar-refractivity contribution in [3.63, 3.8) is 0 Å². The van der Waals surface area contributed by atoms with Crippen LogP contribution in [0, 0.1) is 19.7 Å². The summed E-state index contributed by atoms with van der Waals surface area (Å²) < 4.78 is 19.2. The fraction of sp³-hybridized carbons (Fsp3) is 0.0952. The zero-order chi connectivity index (χ0) is 19.7. The molecule has 0 atom stereocenters. The van der Waals surface area contributed by atoms with E-state index in [9.17, 15) is 9.18 Å². The molecular weight excluding hydrogens is 377 g/mol. The molecule has 3 heterocycles. The highest BCUT2D eigenvalue weighted by Crippen LogP contribution is 2.37. The average molecular weight is 393 g/mol. The third kappa shape index (κ3) is 3.44. The molecular formula is C21H16FN3O2S. The van der Waals surface area contributed by atoms with E-state index < -0.39 is 11.7 Å². The quantitative estimate of drug-likeness (QED) is 0.499. The summed E-state index contributed by atoms with van der Waals surface area (Å²) in [5.74, 6) is 0.0107. The molecule has 28 heavy (non-hydrogen) atoms. The van der Waals surface area contributed by atoms with Crippen LogP contribution in [0.1, 0.15) is 21.5 Å². The van der Waals surface area contributed by atoms with Crippen LogP contribution in [0.4, 0.5) is 10.2 Å². The molecule has 0 saturated carbocycles. The Bertz CT molecular complexity index is 1110. The first-order valence-corrected chi connectivity index (χ1v) is 9.39. The van der Waals surface area contributed by atoms with Crippen LogP contribution in [0.25, 0.3) is 21.1 Å². The molecule has 140 valence electrons. The normalized spacial score (nSPS) is 10.8. The molecule has 0 aliphatic heterocycles. The maximum atomic E-state index is 14.0. The molecule has 0 aliphatic carbocycles. The number of hydrogen-bond donors (Lipinski definition) is 1. The molecule has 5 nitrogen and oxygen atoms in total. The summed E-state index contributed by atoms with van der Waals surface area (Å²) in [6.07, 6.45) is 3.30. The second kappa shape index (κ2) is 7.36. The van der Waals surface area contributed by atoms with Gasteiger partial charge < -0.3 is 9.84 Å². The molecule has 7 heteroatoms. The van der Waals surface area contributed by atoms with Crippen molar-refractivity contribution in [2.45, 2.75) is 13.8 Å². The van der Waals surface area contributed by atoms with Crippen LogP contribution in [0.15, 0.2) is 59.4 Å². The van der Waals surface area contributed by atoms with E-state index in [2.05, 4.69) is 15.5 Å². The SMILES string of the molecule is Cc1cc(-c2ccno2)sc1-c1ccc(NC(=O)c2c(C)cccc2F)nc1. The van der Waals surface area contributed by atoms with E-state index in [1.54, 1.807) is 48.9 Å². The van der Waals surface area contributed by atoms with Gasteiger partial charge in [-0.2, -0.15) is 0 Å². The van der Waals surface area contributed by atoms with Gasteiger partial charge in [0.1, 0.15) is 11.6 Å². The highest BCUT2D eigenvalue weighted by atomic mass is 32.1. The summed E-state index contributed by atoms with van der Waals surface area (Å²) in [5, 5.41) is 6.39. The summed E-state index contributed by atoms with van der Waals surface area (Å²) in [4.78, 5) is 18.7. The Hall–Kier alpha value is -3.32. The number of carbonyl (C=O) groups excluding carboxylic acids is 1. The summed E-state index contributed by atoms with van der Waals surface area (Å²) in [6.45, 7) is 3.71. The number of nitrogens with zero attached hydrogens (tertiary/aromatic N) is 2. The van der Waals surface area contributed by atoms with Gasteiger partial charge in [0.15, 0.2) is 5.76 Å². The van der Waals surface area contributed by atoms with Gasteiger partial charge in [-0.1, -0.05) is 17.3 Å². The third-order valence-corrected chi connectivity index (χ3v) is 5.62. The van der Waals surface area contributed by atoms with E-state index >= 15 is 0 Å². The topological polar surface area (TPSA) is 68.0 Å². The predicted octanol–water partition coefficient (Wildman–Crippen LogP) is 5.47. The predicted molar refractivity (Wildman–Crippen MR) is 107 cm³/mol. The highest BCUT2D eigenvalue weighted by Gasteiger charge is 2.16. The molecule has 0 saturated heterocycles. The van der Waals surface area contributed by atoms with Crippen LogP contribution < -0.4 is 5.32 Å². The van der Waals surface area contributed by atoms with Crippen molar-refractivity contribution in [1.29, 1.82) is 0 Å². The molecule has 0 unspecified atom stereocenters. The van der Waals surface area contributed by atoms with Crippen LogP contribution >= 0.6 is 11.3 Å². The molecule has 3 aromatic heterocycles. The molecule has 0 aliphatic rings. The lowest BCUT2D eigenvalue weighted by Crippen LogP contribution is -2.16. The lowest BCUT2D eigenvalue weighted by molar-refractivity contribution is 0.102. The summed E-state index contributed by atoms with van der Waals surface area (Å²) >= 11 is 1.58. The minimum absolute atomic E-state index is 0.0270. The fourth-order valence-electron chi connectivity index (χ4n) is 2.93. The van der Waals surface area contributed by atoms with Gasteiger partial charge >= 0.3 is 0 Å². The lowest BCUT2D eigenvalue weighted by atomic mass is 10.1. The molecule has 0 spiro atoms. The molecule has 0 fully saturated rings. The van der Waals surface area contributed by atoms with Gasteiger partial charge in [-0.15, -0.1) is 11.3 Å². The van der Waals surface area contributed by atoms with Crippen molar-refractivity contribution in [3.05, 3.63) is 77.4 Å². The largest absolute Gasteiger partial charge is 0.355 e. The van der Waals surface area contributed by atoms with Crippen molar-refractivity contribution in [2.24, 2.45) is 0 Å². The van der Waals surface area contributed by atoms with Crippen molar-refractivity contribution < 1.29 is 13.7 Å². The van der Waals surface area contributed by atoms with Crippen LogP contribution in [-0.2, 0) is 0 Å². The number of aromatic nitrogens is 2. The number of amides is 1. The minimum Gasteiger partial charge on any atom is -0.355 e. The second-order valence-corrected chi connectivity index (χ2v) is 7.37. The van der Waals surface area contributed by atoms with Gasteiger partial charge in [-0.3, -0.25) is 4.79 Å². The molecule has 4 aromatic rings. The number of hydrogen-bond acceptors (Lipinski definition) is 5. The van der Waals surface area contributed by atoms with Gasteiger partial charge in [-0.05, 0) is 49.2 Å². The van der Waals surface area contributed by atoms with Gasteiger partial charge in [-0.25, -0.2) is 9.37 Å². The number of rotatable bonds is 4. The Labute approximate surface area is 164 Å². The van der Waals surface area contributed by atoms with E-state index in [-0.39, 0.29) is 5.56 Å². The Balaban J connectivity index is 1.56. The molecule has 0 radical (unpaired) electrons. The maximum Gasteiger partial charge on any atom is 0.260 e. The number of nitrogens with one attached hydrogen (secondary N) is 1. The van der Waals surface area contributed by atoms with Crippen molar-refractivity contribution >= 4 is 23.1 Å². The zero-order valence-corrected chi connectivity index (χ0v) is 16.0. The summed E-state index contributed by atoms with van der Waals surface area (Å²) in [6, 6.07) is 12.0. The molecule has 1 amide bonds. The van der Waals surface area contributed by atoms with Gasteiger partial charge in [0, 0.05) is 22.7 Å². The summed E-state index contributed by atoms with van der Waals surface area (Å²) in [5.41, 5.74) is 2.62. The van der Waals surface area contributed by atoms with Crippen LogP contribution in [-0.4, -0.2) is 16.0 Å². The Morgan fingerprint density at radius 3 is 2.68 bits per heavy atom. The zero-order valence-electron chi connectivity index (χ0n) is 15.2. The first-order valence-electron chi connectivity index (χ1n) is 8.57. The smallest absolute Gasteiger partial charge is 0.260 e. The first-order chi connectivity index (χ1) is 13.5. The van der Waals surface area contributed by atoms with E-state index in [4.69, 9.17) is 4.52 Å². The van der Waals surface area contributed by atoms with Crippen molar-refractivity contribution in [3.8, 4) is 21.1 Å². The second-order valence-electron chi connectivity index (χ2n) is 6.32. The van der Waals surface area contributed by atoms with Crippen LogP contribution in [0.3, 0.4) is 0 Å². The lowest BCUT2D eigenvalue weighted by Gasteiger charge is -2.08. The maximum absolute atomic E-state index is 14.0. The standard InChI is InChI=1S/C21H16FN3O2S/c1-12-4-3-5-15(22)19(12)21(26)25-18-7-6-14(11-23-18)20-13(2)10-17(28-20)16-8-9-24-27-16/h3-11H,1-2H3,(H,23,25,26). The Morgan fingerprint density at radius 2 is 2.00 bits per heavy atom. The first kappa shape index (κ1) is 18.1. The molecule has 4 rings (SSSR count). The van der Waals surface area contributed by atoms with Crippen LogP contribution in [0.2, 0.25) is 0 Å². The number of aryl methyl sites for hydroxylation is 2. The number of halogens is 1. The van der Waals surface area contributed by atoms with Gasteiger partial charge in [0.25, 0.3) is 5.91 Å². The number of carbonyl (C=O) groups is 1. The van der Waals surface area contributed by atoms with E-state index in [0.29, 0.717) is 11.4 Å². The third-order valence-electron chi connectivity index (χ3n) is 4.31. The van der Waals surface area contributed by atoms with Gasteiger partial charge in [0.2, 0.25) is 0 Å². The molecule has 1 N–H and O–H groups in total. The van der Waals surface area contributed by atoms with Gasteiger partial charge in [0.05, 0.1) is 16.6 Å². The van der Waals surface area contributed by atoms with E-state index in [0.717, 1.165) is 26.6 Å². The monoisotopic (exact) mass is 393 g/mol. The van der Waals surface area contributed by atoms with E-state index in [1.165, 1.54) is 6.07 Å². The average Bonchev–Trinajstić information content (AvgIpc) is 3.32. The Morgan fingerprint density at radius 1 is 1.14 bits per heavy atom. The number of benzene rings is 1. The number of pyridine rings is 1. The fourth-order valence-corrected chi connectivity index (χ4v) is 4.05. The Kier molecular flexibility index (Phi) is 4.75. The number of thiophene rings is 1. The van der Waals surface area contributed by atoms with Crippen LogP contribution in [0.5, 0.6) is 0 Å². The molecule has 0 bridgehead atoms. The molecule has 1 aromatic carbocycles. The van der Waals surface area contributed by atoms with Crippen molar-refractivity contribution in [1.82, 2.24) is 10.1 Å². The highest BCUT2D eigenvalue weighted by molar-refractivity contribution is 7.19. The number of anilines is 1. The van der Waals surface area contributed by atoms with E-state index in [1.807, 2.05) is 25.1 Å². The minimum atomic E-state index is -0.553. The summed E-state index contributed by atoms with van der Waals surface area (Å²) in [7, 11) is 0. The van der Waals surface area contributed by atoms with Crippen molar-refractivity contribution in [2.75, 3.05) is 5.32 Å².